The van der Waals surface area contributed by atoms with Crippen molar-refractivity contribution in [3.8, 4) is 11.5 Å². The molecule has 2 N–H and O–H groups in total. The Morgan fingerprint density at radius 2 is 1.04 bits per heavy atom. The van der Waals surface area contributed by atoms with E-state index in [1.807, 2.05) is 45.8 Å². The van der Waals surface area contributed by atoms with Gasteiger partial charge in [0.2, 0.25) is 12.4 Å². The fourth-order valence-electron chi connectivity index (χ4n) is 2.47. The fourth-order valence-corrected chi connectivity index (χ4v) is 2.47. The molecule has 0 bridgehead atoms. The van der Waals surface area contributed by atoms with Crippen molar-refractivity contribution in [3.05, 3.63) is 84.4 Å². The van der Waals surface area contributed by atoms with Crippen molar-refractivity contribution in [2.45, 2.75) is 13.1 Å². The van der Waals surface area contributed by atoms with E-state index in [-0.39, 0.29) is 45.5 Å². The maximum Gasteiger partial charge on any atom is 0.211 e. The molecule has 0 saturated heterocycles. The van der Waals surface area contributed by atoms with Crippen LogP contribution in [-0.2, 0) is 13.1 Å². The maximum atomic E-state index is 9.57. The molecule has 0 atom stereocenters. The second-order valence-electron chi connectivity index (χ2n) is 5.24. The molecule has 0 aliphatic heterocycles. The molecule has 2 aromatic heterocycles. The summed E-state index contributed by atoms with van der Waals surface area (Å²) in [6.07, 6.45) is 7.27. The van der Waals surface area contributed by atoms with Crippen LogP contribution in [0.4, 0.5) is 0 Å². The van der Waals surface area contributed by atoms with Gasteiger partial charge in [0.05, 0.1) is 0 Å². The number of halogens is 2. The van der Waals surface area contributed by atoms with Gasteiger partial charge in [0.1, 0.15) is 0 Å². The first-order valence-electron chi connectivity index (χ1n) is 7.13. The van der Waals surface area contributed by atoms with E-state index in [0.717, 1.165) is 0 Å². The Labute approximate surface area is 162 Å². The summed E-state index contributed by atoms with van der Waals surface area (Å²) in [6.45, 7) is 1.37. The van der Waals surface area contributed by atoms with Crippen molar-refractivity contribution in [2.75, 3.05) is 0 Å². The minimum Gasteiger partial charge on any atom is -1.00 e. The molecule has 6 heteroatoms. The Bertz CT molecular complexity index is 731. The van der Waals surface area contributed by atoms with Crippen LogP contribution in [0.2, 0.25) is 0 Å². The minimum absolute atomic E-state index is 0. The Morgan fingerprint density at radius 3 is 1.42 bits per heavy atom. The van der Waals surface area contributed by atoms with Gasteiger partial charge in [-0.1, -0.05) is 24.3 Å². The number of aromatic hydroxyl groups is 2. The molecule has 0 unspecified atom stereocenters. The van der Waals surface area contributed by atoms with Crippen molar-refractivity contribution in [1.29, 1.82) is 0 Å². The van der Waals surface area contributed by atoms with E-state index < -0.39 is 0 Å². The molecule has 0 saturated carbocycles. The summed E-state index contributed by atoms with van der Waals surface area (Å²) in [6, 6.07) is 15.1. The minimum atomic E-state index is 0. The lowest BCUT2D eigenvalue weighted by atomic mass is 10.1. The molecule has 126 valence electrons. The fraction of sp³-hybridized carbons (Fsp3) is 0.111. The molecule has 2 heterocycles. The van der Waals surface area contributed by atoms with E-state index in [2.05, 4.69) is 12.1 Å². The molecule has 0 aliphatic rings. The zero-order valence-electron chi connectivity index (χ0n) is 12.9. The first-order chi connectivity index (χ1) is 10.7. The third kappa shape index (κ3) is 5.32. The molecular weight excluding hydrogens is 436 g/mol. The van der Waals surface area contributed by atoms with Gasteiger partial charge < -0.3 is 44.2 Å². The van der Waals surface area contributed by atoms with Gasteiger partial charge in [0, 0.05) is 23.3 Å². The van der Waals surface area contributed by atoms with E-state index >= 15 is 0 Å². The lowest BCUT2D eigenvalue weighted by molar-refractivity contribution is -0.693. The summed E-state index contributed by atoms with van der Waals surface area (Å²) < 4.78 is 3.89. The highest BCUT2D eigenvalue weighted by Crippen LogP contribution is 2.10. The topological polar surface area (TPSA) is 48.2 Å². The molecule has 1 aromatic carbocycles. The Hall–Kier alpha value is -1.92. The summed E-state index contributed by atoms with van der Waals surface area (Å²) in [4.78, 5) is 0. The Morgan fingerprint density at radius 1 is 0.625 bits per heavy atom. The average Bonchev–Trinajstić information content (AvgIpc) is 2.49. The van der Waals surface area contributed by atoms with Crippen molar-refractivity contribution in [2.24, 2.45) is 0 Å². The summed E-state index contributed by atoms with van der Waals surface area (Å²) in [7, 11) is 0. The van der Waals surface area contributed by atoms with Crippen molar-refractivity contribution >= 4 is 0 Å². The normalized spacial score (nSPS) is 9.67. The van der Waals surface area contributed by atoms with Crippen LogP contribution in [0, 0.1) is 0 Å². The highest BCUT2D eigenvalue weighted by Gasteiger charge is 2.12. The van der Waals surface area contributed by atoms with Gasteiger partial charge in [0.25, 0.3) is 0 Å². The van der Waals surface area contributed by atoms with Gasteiger partial charge >= 0.3 is 0 Å². The smallest absolute Gasteiger partial charge is 0.211 e. The predicted octanol–water partition coefficient (Wildman–Crippen LogP) is -4.22. The van der Waals surface area contributed by atoms with Crippen molar-refractivity contribution in [3.63, 3.8) is 0 Å². The highest BCUT2D eigenvalue weighted by atomic mass is 79.9. The van der Waals surface area contributed by atoms with E-state index in [9.17, 15) is 10.2 Å². The molecular formula is C18H18Br2N2O2. The van der Waals surface area contributed by atoms with E-state index in [1.54, 1.807) is 24.5 Å². The number of hydrogen-bond donors (Lipinski definition) is 2. The maximum absolute atomic E-state index is 9.57. The van der Waals surface area contributed by atoms with Crippen LogP contribution in [0.25, 0.3) is 0 Å². The zero-order valence-corrected chi connectivity index (χ0v) is 16.1. The van der Waals surface area contributed by atoms with E-state index in [1.165, 1.54) is 11.1 Å². The first-order valence-corrected chi connectivity index (χ1v) is 7.13. The number of hydrogen-bond acceptors (Lipinski definition) is 2. The lowest BCUT2D eigenvalue weighted by Crippen LogP contribution is -3.00. The second-order valence-corrected chi connectivity index (χ2v) is 5.24. The number of nitrogens with zero attached hydrogens (tertiary/aromatic N) is 2. The highest BCUT2D eigenvalue weighted by molar-refractivity contribution is 5.25. The first kappa shape index (κ1) is 20.1. The van der Waals surface area contributed by atoms with Crippen LogP contribution in [0.15, 0.2) is 73.3 Å². The van der Waals surface area contributed by atoms with Crippen molar-refractivity contribution in [1.82, 2.24) is 0 Å². The summed E-state index contributed by atoms with van der Waals surface area (Å²) >= 11 is 0. The molecule has 0 fully saturated rings. The predicted molar refractivity (Wildman–Crippen MR) is 81.2 cm³/mol. The summed E-state index contributed by atoms with van der Waals surface area (Å²) in [5, 5.41) is 19.1. The molecule has 0 spiro atoms. The van der Waals surface area contributed by atoms with Crippen LogP contribution in [0.5, 0.6) is 11.5 Å². The van der Waals surface area contributed by atoms with E-state index in [4.69, 9.17) is 0 Å². The van der Waals surface area contributed by atoms with Crippen LogP contribution >= 0.6 is 0 Å². The summed E-state index contributed by atoms with van der Waals surface area (Å²) in [5.74, 6) is 0.504. The quantitative estimate of drug-likeness (QED) is 0.393. The molecule has 24 heavy (non-hydrogen) atoms. The number of pyridine rings is 2. The van der Waals surface area contributed by atoms with Gasteiger partial charge in [-0.25, -0.2) is 0 Å². The molecule has 3 rings (SSSR count). The van der Waals surface area contributed by atoms with Gasteiger partial charge in [0.15, 0.2) is 37.0 Å². The Balaban J connectivity index is 0.00000144. The number of rotatable bonds is 4. The SMILES string of the molecule is Oc1ccc[n+](Cc2ccccc2C[n+]2cccc(O)c2)c1.[Br-].[Br-]. The lowest BCUT2D eigenvalue weighted by Gasteiger charge is -2.05. The molecule has 3 aromatic rings. The molecule has 4 nitrogen and oxygen atoms in total. The standard InChI is InChI=1S/C18H16N2O2.2BrH/c21-17-7-3-9-19(13-17)11-15-5-1-2-6-16(15)12-20-10-4-8-18(22)14-20;;/h1-10,13-14H,11-12H2;2*1H. The molecule has 0 aliphatic carbocycles. The van der Waals surface area contributed by atoms with Crippen LogP contribution in [0.1, 0.15) is 11.1 Å². The van der Waals surface area contributed by atoms with Crippen LogP contribution < -0.4 is 43.1 Å². The van der Waals surface area contributed by atoms with Gasteiger partial charge in [-0.2, -0.15) is 9.13 Å². The zero-order chi connectivity index (χ0) is 15.4. The monoisotopic (exact) mass is 452 g/mol. The number of aromatic nitrogens is 2. The van der Waals surface area contributed by atoms with Crippen molar-refractivity contribution < 1.29 is 53.3 Å². The second kappa shape index (κ2) is 9.39. The third-order valence-corrected chi connectivity index (χ3v) is 3.51. The van der Waals surface area contributed by atoms with Crippen LogP contribution in [-0.4, -0.2) is 10.2 Å². The van der Waals surface area contributed by atoms with Gasteiger partial charge in [-0.3, -0.25) is 0 Å². The van der Waals surface area contributed by atoms with Crippen LogP contribution in [0.3, 0.4) is 0 Å². The summed E-state index contributed by atoms with van der Waals surface area (Å²) in [5.41, 5.74) is 2.35. The number of benzene rings is 1. The average molecular weight is 454 g/mol. The third-order valence-electron chi connectivity index (χ3n) is 3.51. The largest absolute Gasteiger partial charge is 1.00 e. The van der Waals surface area contributed by atoms with Gasteiger partial charge in [-0.05, 0) is 12.1 Å². The molecule has 0 radical (unpaired) electrons. The Kier molecular flexibility index (Phi) is 7.88. The molecule has 0 amide bonds. The van der Waals surface area contributed by atoms with E-state index in [0.29, 0.717) is 13.1 Å². The van der Waals surface area contributed by atoms with Gasteiger partial charge in [-0.15, -0.1) is 0 Å².